The van der Waals surface area contributed by atoms with Crippen molar-refractivity contribution in [1.82, 2.24) is 0 Å². The van der Waals surface area contributed by atoms with Gasteiger partial charge in [-0.15, -0.1) is 0 Å². The molecule has 0 spiro atoms. The first kappa shape index (κ1) is 9.62. The molecule has 0 aromatic carbocycles. The lowest BCUT2D eigenvalue weighted by atomic mass is 9.48. The molecule has 6 unspecified atom stereocenters. The number of aliphatic hydroxyl groups excluding tert-OH is 1. The Balaban J connectivity index is 1.95. The van der Waals surface area contributed by atoms with Crippen LogP contribution in [0.2, 0.25) is 0 Å². The van der Waals surface area contributed by atoms with Crippen LogP contribution in [0, 0.1) is 35.0 Å². The predicted octanol–water partition coefficient (Wildman–Crippen LogP) is 1.06. The summed E-state index contributed by atoms with van der Waals surface area (Å²) in [6.45, 7) is 0. The van der Waals surface area contributed by atoms with Gasteiger partial charge in [0.25, 0.3) is 0 Å². The highest BCUT2D eigenvalue weighted by atomic mass is 16.3. The summed E-state index contributed by atoms with van der Waals surface area (Å²) in [6.07, 6.45) is 3.88. The number of hydrogen-bond acceptors (Lipinski definition) is 3. The lowest BCUT2D eigenvalue weighted by Crippen LogP contribution is -2.63. The van der Waals surface area contributed by atoms with Crippen molar-refractivity contribution in [2.24, 2.45) is 23.7 Å². The van der Waals surface area contributed by atoms with E-state index in [9.17, 15) is 10.2 Å². The summed E-state index contributed by atoms with van der Waals surface area (Å²) in [6, 6.07) is 2.10. The second-order valence-corrected chi connectivity index (χ2v) is 5.69. The van der Waals surface area contributed by atoms with Crippen LogP contribution in [0.25, 0.3) is 0 Å². The fraction of sp³-hybridized carbons (Fsp3) is 0.917. The van der Waals surface area contributed by atoms with Gasteiger partial charge >= 0.3 is 0 Å². The molecule has 4 aliphatic carbocycles. The quantitative estimate of drug-likeness (QED) is 0.675. The van der Waals surface area contributed by atoms with Gasteiger partial charge in [0.15, 0.2) is 0 Å². The smallest absolute Gasteiger partial charge is 0.0858 e. The van der Waals surface area contributed by atoms with Crippen LogP contribution in [0.1, 0.15) is 32.1 Å². The van der Waals surface area contributed by atoms with Crippen molar-refractivity contribution in [3.8, 4) is 6.07 Å². The van der Waals surface area contributed by atoms with Crippen LogP contribution < -0.4 is 0 Å². The topological polar surface area (TPSA) is 64.2 Å². The molecule has 0 aromatic heterocycles. The molecule has 0 radical (unpaired) electrons. The second kappa shape index (κ2) is 2.96. The van der Waals surface area contributed by atoms with E-state index in [1.54, 1.807) is 0 Å². The fourth-order valence-electron chi connectivity index (χ4n) is 4.40. The molecule has 4 fully saturated rings. The minimum Gasteiger partial charge on any atom is -0.392 e. The van der Waals surface area contributed by atoms with Gasteiger partial charge in [-0.2, -0.15) is 5.26 Å². The highest BCUT2D eigenvalue weighted by Gasteiger charge is 2.60. The molecule has 82 valence electrons. The molecule has 4 rings (SSSR count). The van der Waals surface area contributed by atoms with Crippen LogP contribution in [-0.4, -0.2) is 21.9 Å². The summed E-state index contributed by atoms with van der Waals surface area (Å²) in [7, 11) is 0. The molecule has 3 nitrogen and oxygen atoms in total. The third kappa shape index (κ3) is 1.12. The van der Waals surface area contributed by atoms with Crippen LogP contribution in [0.15, 0.2) is 0 Å². The Morgan fingerprint density at radius 1 is 1.27 bits per heavy atom. The molecule has 0 heterocycles. The number of nitriles is 1. The maximum absolute atomic E-state index is 10.6. The van der Waals surface area contributed by atoms with E-state index in [0.29, 0.717) is 11.8 Å². The van der Waals surface area contributed by atoms with Gasteiger partial charge in [-0.1, -0.05) is 0 Å². The van der Waals surface area contributed by atoms with Crippen molar-refractivity contribution in [3.05, 3.63) is 0 Å². The largest absolute Gasteiger partial charge is 0.392 e. The van der Waals surface area contributed by atoms with E-state index in [-0.39, 0.29) is 24.4 Å². The molecular formula is C12H17NO2. The SMILES string of the molecule is N#CCC1(O)C2CC3CC(C2)C(O)C1C3. The van der Waals surface area contributed by atoms with Crippen molar-refractivity contribution in [2.75, 3.05) is 0 Å². The lowest BCUT2D eigenvalue weighted by Gasteiger charge is -2.60. The van der Waals surface area contributed by atoms with Crippen molar-refractivity contribution >= 4 is 0 Å². The number of nitrogens with zero attached hydrogens (tertiary/aromatic N) is 1. The first-order valence-electron chi connectivity index (χ1n) is 5.92. The molecule has 0 aliphatic heterocycles. The van der Waals surface area contributed by atoms with E-state index < -0.39 is 5.60 Å². The van der Waals surface area contributed by atoms with E-state index in [4.69, 9.17) is 5.26 Å². The average molecular weight is 207 g/mol. The first-order chi connectivity index (χ1) is 7.15. The van der Waals surface area contributed by atoms with Crippen LogP contribution in [-0.2, 0) is 0 Å². The number of rotatable bonds is 1. The third-order valence-electron chi connectivity index (χ3n) is 5.03. The molecular weight excluding hydrogens is 190 g/mol. The minimum atomic E-state index is -0.887. The average Bonchev–Trinajstić information content (AvgIpc) is 2.21. The molecule has 4 bridgehead atoms. The first-order valence-corrected chi connectivity index (χ1v) is 5.92. The molecule has 0 saturated heterocycles. The Morgan fingerprint density at radius 3 is 2.80 bits per heavy atom. The van der Waals surface area contributed by atoms with Crippen molar-refractivity contribution < 1.29 is 10.2 Å². The number of hydrogen-bond donors (Lipinski definition) is 2. The van der Waals surface area contributed by atoms with Crippen molar-refractivity contribution in [2.45, 2.75) is 43.8 Å². The Labute approximate surface area is 89.7 Å². The zero-order chi connectivity index (χ0) is 10.6. The van der Waals surface area contributed by atoms with Crippen LogP contribution in [0.5, 0.6) is 0 Å². The monoisotopic (exact) mass is 207 g/mol. The van der Waals surface area contributed by atoms with Gasteiger partial charge in [0.05, 0.1) is 24.2 Å². The van der Waals surface area contributed by atoms with Crippen LogP contribution in [0.4, 0.5) is 0 Å². The van der Waals surface area contributed by atoms with Crippen molar-refractivity contribution in [3.63, 3.8) is 0 Å². The maximum Gasteiger partial charge on any atom is 0.0858 e. The van der Waals surface area contributed by atoms with Crippen LogP contribution in [0.3, 0.4) is 0 Å². The van der Waals surface area contributed by atoms with E-state index in [2.05, 4.69) is 6.07 Å². The van der Waals surface area contributed by atoms with Gasteiger partial charge in [-0.25, -0.2) is 0 Å². The summed E-state index contributed by atoms with van der Waals surface area (Å²) in [5.41, 5.74) is -0.887. The molecule has 4 saturated carbocycles. The normalized spacial score (nSPS) is 56.7. The van der Waals surface area contributed by atoms with Crippen molar-refractivity contribution in [1.29, 1.82) is 5.26 Å². The Bertz CT molecular complexity index is 324. The van der Waals surface area contributed by atoms with Gasteiger partial charge in [0, 0.05) is 5.92 Å². The van der Waals surface area contributed by atoms with E-state index in [1.165, 1.54) is 0 Å². The molecule has 0 amide bonds. The molecule has 3 heteroatoms. The van der Waals surface area contributed by atoms with Gasteiger partial charge in [0.1, 0.15) is 0 Å². The lowest BCUT2D eigenvalue weighted by molar-refractivity contribution is -0.218. The molecule has 2 N–H and O–H groups in total. The summed E-state index contributed by atoms with van der Waals surface area (Å²) in [5.74, 6) is 1.32. The highest BCUT2D eigenvalue weighted by molar-refractivity contribution is 5.12. The van der Waals surface area contributed by atoms with Crippen LogP contribution >= 0.6 is 0 Å². The predicted molar refractivity (Wildman–Crippen MR) is 53.6 cm³/mol. The number of aliphatic hydroxyl groups is 2. The molecule has 0 aromatic rings. The van der Waals surface area contributed by atoms with Gasteiger partial charge in [0.2, 0.25) is 0 Å². The van der Waals surface area contributed by atoms with Gasteiger partial charge in [-0.3, -0.25) is 0 Å². The summed E-state index contributed by atoms with van der Waals surface area (Å²) in [4.78, 5) is 0. The second-order valence-electron chi connectivity index (χ2n) is 5.69. The summed E-state index contributed by atoms with van der Waals surface area (Å²) >= 11 is 0. The Morgan fingerprint density at radius 2 is 2.07 bits per heavy atom. The Hall–Kier alpha value is -0.590. The molecule has 4 aliphatic rings. The molecule has 6 atom stereocenters. The summed E-state index contributed by atoms with van der Waals surface area (Å²) in [5, 5.41) is 29.5. The molecule has 15 heavy (non-hydrogen) atoms. The summed E-state index contributed by atoms with van der Waals surface area (Å²) < 4.78 is 0. The fourth-order valence-corrected chi connectivity index (χ4v) is 4.40. The highest BCUT2D eigenvalue weighted by Crippen LogP contribution is 2.59. The zero-order valence-corrected chi connectivity index (χ0v) is 8.76. The van der Waals surface area contributed by atoms with E-state index >= 15 is 0 Å². The maximum atomic E-state index is 10.6. The minimum absolute atomic E-state index is 0.0339. The third-order valence-corrected chi connectivity index (χ3v) is 5.03. The van der Waals surface area contributed by atoms with Gasteiger partial charge in [-0.05, 0) is 43.4 Å². The standard InChI is InChI=1S/C12H17NO2/c13-2-1-12(15)9-4-7-3-8(6-9)11(14)10(12)5-7/h7-11,14-15H,1,3-6H2. The van der Waals surface area contributed by atoms with E-state index in [1.807, 2.05) is 0 Å². The Kier molecular flexibility index (Phi) is 1.90. The van der Waals surface area contributed by atoms with E-state index in [0.717, 1.165) is 25.7 Å². The zero-order valence-electron chi connectivity index (χ0n) is 8.76. The van der Waals surface area contributed by atoms with Gasteiger partial charge < -0.3 is 10.2 Å².